The minimum absolute atomic E-state index is 0.0215. The lowest BCUT2D eigenvalue weighted by atomic mass is 10.1. The number of fused-ring (bicyclic) bond motifs is 1. The van der Waals surface area contributed by atoms with E-state index in [1.54, 1.807) is 6.07 Å². The van der Waals surface area contributed by atoms with Crippen LogP contribution in [0.4, 0.5) is 22.0 Å². The fourth-order valence-corrected chi connectivity index (χ4v) is 3.10. The maximum absolute atomic E-state index is 14.5. The fourth-order valence-electron chi connectivity index (χ4n) is 3.10. The predicted octanol–water partition coefficient (Wildman–Crippen LogP) is 6.34. The van der Waals surface area contributed by atoms with E-state index in [-0.39, 0.29) is 22.3 Å². The molecule has 0 N–H and O–H groups in total. The average molecular weight is 448 g/mol. The molecule has 0 atom stereocenters. The smallest absolute Gasteiger partial charge is 0.166 e. The average Bonchev–Trinajstić information content (AvgIpc) is 2.80. The van der Waals surface area contributed by atoms with Crippen LogP contribution < -0.4 is 4.74 Å². The number of benzene rings is 4. The summed E-state index contributed by atoms with van der Waals surface area (Å²) in [5.41, 5.74) is 0.318. The summed E-state index contributed by atoms with van der Waals surface area (Å²) in [4.78, 5) is 0. The van der Waals surface area contributed by atoms with Crippen molar-refractivity contribution in [2.75, 3.05) is 7.11 Å². The SMILES string of the molecule is COc1cc(F)c(C#Cc2ccc(C#Cc3ccc4c(F)c(F)ccc4c3)c(F)c2)c(F)c1. The van der Waals surface area contributed by atoms with Gasteiger partial charge in [0.1, 0.15) is 23.2 Å². The molecule has 0 aliphatic carbocycles. The lowest BCUT2D eigenvalue weighted by Gasteiger charge is -2.02. The summed E-state index contributed by atoms with van der Waals surface area (Å²) < 4.78 is 74.4. The van der Waals surface area contributed by atoms with E-state index in [1.807, 2.05) is 0 Å². The second-order valence-corrected chi connectivity index (χ2v) is 6.96. The van der Waals surface area contributed by atoms with Gasteiger partial charge in [0.15, 0.2) is 11.6 Å². The van der Waals surface area contributed by atoms with Gasteiger partial charge in [0.25, 0.3) is 0 Å². The van der Waals surface area contributed by atoms with Crippen LogP contribution in [0.1, 0.15) is 22.3 Å². The summed E-state index contributed by atoms with van der Waals surface area (Å²) in [6, 6.07) is 12.9. The topological polar surface area (TPSA) is 9.23 Å². The first-order valence-corrected chi connectivity index (χ1v) is 9.60. The number of methoxy groups -OCH3 is 1. The molecular weight excluding hydrogens is 435 g/mol. The standard InChI is InChI=1S/C27H13F5O/c1-33-20-14-25(30)22(26(31)15-20)10-5-17-3-7-18(24(29)13-17)6-2-16-4-9-21-19(12-16)8-11-23(28)27(21)32/h3-4,7-9,11-15H,1H3. The van der Waals surface area contributed by atoms with Gasteiger partial charge in [0, 0.05) is 28.6 Å². The third kappa shape index (κ3) is 4.66. The second-order valence-electron chi connectivity index (χ2n) is 6.96. The molecule has 0 spiro atoms. The number of hydrogen-bond acceptors (Lipinski definition) is 1. The molecule has 0 aliphatic rings. The lowest BCUT2D eigenvalue weighted by Crippen LogP contribution is -1.93. The highest BCUT2D eigenvalue weighted by atomic mass is 19.2. The molecule has 0 aliphatic heterocycles. The van der Waals surface area contributed by atoms with E-state index in [4.69, 9.17) is 4.74 Å². The Morgan fingerprint density at radius 3 is 1.97 bits per heavy atom. The van der Waals surface area contributed by atoms with E-state index < -0.39 is 34.6 Å². The monoisotopic (exact) mass is 448 g/mol. The van der Waals surface area contributed by atoms with E-state index in [2.05, 4.69) is 23.7 Å². The van der Waals surface area contributed by atoms with Gasteiger partial charge >= 0.3 is 0 Å². The Bertz CT molecular complexity index is 1490. The van der Waals surface area contributed by atoms with Crippen LogP contribution in [0.15, 0.2) is 60.7 Å². The molecule has 0 saturated heterocycles. The highest BCUT2D eigenvalue weighted by Gasteiger charge is 2.10. The molecule has 0 unspecified atom stereocenters. The van der Waals surface area contributed by atoms with Crippen LogP contribution in [0.2, 0.25) is 0 Å². The van der Waals surface area contributed by atoms with Gasteiger partial charge in [-0.3, -0.25) is 0 Å². The Kier molecular flexibility index (Phi) is 6.02. The summed E-state index contributed by atoms with van der Waals surface area (Å²) in [6.45, 7) is 0. The zero-order valence-electron chi connectivity index (χ0n) is 17.1. The Morgan fingerprint density at radius 1 is 0.606 bits per heavy atom. The quantitative estimate of drug-likeness (QED) is 0.244. The van der Waals surface area contributed by atoms with Crippen molar-refractivity contribution < 1.29 is 26.7 Å². The molecule has 0 radical (unpaired) electrons. The maximum Gasteiger partial charge on any atom is 0.166 e. The van der Waals surface area contributed by atoms with Crippen molar-refractivity contribution in [3.8, 4) is 29.4 Å². The lowest BCUT2D eigenvalue weighted by molar-refractivity contribution is 0.406. The van der Waals surface area contributed by atoms with Crippen LogP contribution >= 0.6 is 0 Å². The van der Waals surface area contributed by atoms with E-state index in [1.165, 1.54) is 37.4 Å². The van der Waals surface area contributed by atoms with Crippen molar-refractivity contribution >= 4 is 10.8 Å². The van der Waals surface area contributed by atoms with Crippen LogP contribution in [0, 0.1) is 52.8 Å². The Labute approximate surface area is 186 Å². The van der Waals surface area contributed by atoms with Crippen LogP contribution in [0.25, 0.3) is 10.8 Å². The van der Waals surface area contributed by atoms with Gasteiger partial charge in [-0.1, -0.05) is 35.8 Å². The van der Waals surface area contributed by atoms with Gasteiger partial charge in [-0.05, 0) is 41.8 Å². The first-order valence-electron chi connectivity index (χ1n) is 9.60. The largest absolute Gasteiger partial charge is 0.497 e. The molecule has 0 heterocycles. The zero-order chi connectivity index (χ0) is 23.5. The van der Waals surface area contributed by atoms with Crippen LogP contribution in [0.3, 0.4) is 0 Å². The molecule has 0 aromatic heterocycles. The van der Waals surface area contributed by atoms with Gasteiger partial charge in [-0.25, -0.2) is 22.0 Å². The Morgan fingerprint density at radius 2 is 1.27 bits per heavy atom. The summed E-state index contributed by atoms with van der Waals surface area (Å²) in [6.07, 6.45) is 0. The minimum Gasteiger partial charge on any atom is -0.497 e. The number of ether oxygens (including phenoxy) is 1. The molecule has 33 heavy (non-hydrogen) atoms. The Balaban J connectivity index is 1.59. The van der Waals surface area contributed by atoms with Crippen molar-refractivity contribution in [3.05, 3.63) is 112 Å². The van der Waals surface area contributed by atoms with Crippen molar-refractivity contribution in [3.63, 3.8) is 0 Å². The van der Waals surface area contributed by atoms with E-state index >= 15 is 0 Å². The molecule has 4 rings (SSSR count). The van der Waals surface area contributed by atoms with Gasteiger partial charge in [0.2, 0.25) is 0 Å². The normalized spacial score (nSPS) is 10.2. The first-order chi connectivity index (χ1) is 15.9. The van der Waals surface area contributed by atoms with Gasteiger partial charge in [-0.2, -0.15) is 0 Å². The van der Waals surface area contributed by atoms with Gasteiger partial charge in [0.05, 0.1) is 18.2 Å². The highest BCUT2D eigenvalue weighted by Crippen LogP contribution is 2.22. The zero-order valence-corrected chi connectivity index (χ0v) is 17.1. The van der Waals surface area contributed by atoms with Crippen molar-refractivity contribution in [2.24, 2.45) is 0 Å². The van der Waals surface area contributed by atoms with Crippen molar-refractivity contribution in [2.45, 2.75) is 0 Å². The maximum atomic E-state index is 14.5. The minimum atomic E-state index is -0.941. The highest BCUT2D eigenvalue weighted by molar-refractivity contribution is 5.84. The summed E-state index contributed by atoms with van der Waals surface area (Å²) in [5.74, 6) is 6.04. The molecule has 4 aromatic rings. The molecule has 0 amide bonds. The van der Waals surface area contributed by atoms with Crippen LogP contribution in [-0.2, 0) is 0 Å². The summed E-state index contributed by atoms with van der Waals surface area (Å²) in [7, 11) is 1.29. The van der Waals surface area contributed by atoms with Crippen LogP contribution in [0.5, 0.6) is 5.75 Å². The number of hydrogen-bond donors (Lipinski definition) is 0. The third-order valence-corrected chi connectivity index (χ3v) is 4.80. The third-order valence-electron chi connectivity index (χ3n) is 4.80. The van der Waals surface area contributed by atoms with E-state index in [0.717, 1.165) is 24.3 Å². The van der Waals surface area contributed by atoms with Crippen LogP contribution in [-0.4, -0.2) is 7.11 Å². The molecule has 1 nitrogen and oxygen atoms in total. The van der Waals surface area contributed by atoms with Crippen molar-refractivity contribution in [1.29, 1.82) is 0 Å². The molecule has 4 aromatic carbocycles. The van der Waals surface area contributed by atoms with E-state index in [9.17, 15) is 22.0 Å². The summed E-state index contributed by atoms with van der Waals surface area (Å²) in [5, 5.41) is 0.587. The number of rotatable bonds is 1. The fraction of sp³-hybridized carbons (Fsp3) is 0.0370. The number of halogens is 5. The summed E-state index contributed by atoms with van der Waals surface area (Å²) >= 11 is 0. The first kappa shape index (κ1) is 21.9. The molecule has 0 fully saturated rings. The molecule has 0 bridgehead atoms. The molecule has 162 valence electrons. The van der Waals surface area contributed by atoms with Gasteiger partial charge < -0.3 is 4.74 Å². The Hall–Kier alpha value is -4.29. The predicted molar refractivity (Wildman–Crippen MR) is 115 cm³/mol. The molecule has 0 saturated carbocycles. The van der Waals surface area contributed by atoms with E-state index in [0.29, 0.717) is 10.9 Å². The van der Waals surface area contributed by atoms with Crippen molar-refractivity contribution in [1.82, 2.24) is 0 Å². The van der Waals surface area contributed by atoms with Gasteiger partial charge in [-0.15, -0.1) is 0 Å². The molecular formula is C27H13F5O. The molecule has 6 heteroatoms. The second kappa shape index (κ2) is 9.06.